The van der Waals surface area contributed by atoms with E-state index in [1.165, 1.54) is 24.3 Å². The number of amides is 2. The van der Waals surface area contributed by atoms with Crippen LogP contribution in [0.1, 0.15) is 22.8 Å². The van der Waals surface area contributed by atoms with E-state index in [0.29, 0.717) is 17.1 Å². The fraction of sp³-hybridized carbons (Fsp3) is 0.222. The molecule has 1 N–H and O–H groups in total. The van der Waals surface area contributed by atoms with E-state index in [0.717, 1.165) is 9.87 Å². The number of carbonyl (C=O) groups is 2. The van der Waals surface area contributed by atoms with Gasteiger partial charge in [0.05, 0.1) is 17.4 Å². The Kier molecular flexibility index (Phi) is 5.02. The molecule has 1 saturated heterocycles. The van der Waals surface area contributed by atoms with Crippen LogP contribution in [0.4, 0.5) is 5.69 Å². The van der Waals surface area contributed by atoms with E-state index >= 15 is 0 Å². The van der Waals surface area contributed by atoms with Crippen molar-refractivity contribution in [2.45, 2.75) is 13.5 Å². The van der Waals surface area contributed by atoms with Gasteiger partial charge in [0, 0.05) is 17.1 Å². The molecule has 0 unspecified atom stereocenters. The first-order chi connectivity index (χ1) is 12.3. The summed E-state index contributed by atoms with van der Waals surface area (Å²) in [5, 5.41) is 3.40. The van der Waals surface area contributed by atoms with Gasteiger partial charge in [-0.1, -0.05) is 30.7 Å². The lowest BCUT2D eigenvalue weighted by atomic mass is 10.1. The van der Waals surface area contributed by atoms with Crippen LogP contribution < -0.4 is 9.62 Å². The summed E-state index contributed by atoms with van der Waals surface area (Å²) in [5.41, 5.74) is 1.52. The molecule has 2 amide bonds. The molecule has 136 valence electrons. The lowest BCUT2D eigenvalue weighted by Crippen LogP contribution is -2.30. The summed E-state index contributed by atoms with van der Waals surface area (Å²) < 4.78 is 25.0. The van der Waals surface area contributed by atoms with Crippen molar-refractivity contribution in [1.82, 2.24) is 5.32 Å². The third-order valence-electron chi connectivity index (χ3n) is 4.09. The van der Waals surface area contributed by atoms with Crippen LogP contribution in [0.3, 0.4) is 0 Å². The molecular weight excluding hydrogens is 376 g/mol. The van der Waals surface area contributed by atoms with E-state index in [-0.39, 0.29) is 17.3 Å². The van der Waals surface area contributed by atoms with Crippen LogP contribution in [-0.2, 0) is 21.4 Å². The van der Waals surface area contributed by atoms with Crippen LogP contribution in [0, 0.1) is 5.92 Å². The number of sulfonamides is 1. The molecule has 0 saturated carbocycles. The van der Waals surface area contributed by atoms with E-state index in [1.807, 2.05) is 12.1 Å². The van der Waals surface area contributed by atoms with E-state index in [2.05, 4.69) is 5.32 Å². The molecule has 0 aliphatic carbocycles. The van der Waals surface area contributed by atoms with Crippen molar-refractivity contribution >= 4 is 39.1 Å². The molecule has 8 heteroatoms. The molecule has 2 aromatic carbocycles. The Balaban J connectivity index is 1.70. The highest BCUT2D eigenvalue weighted by Gasteiger charge is 2.41. The SMILES string of the molecule is C[C@@H]1CS(=O)(=O)N(c2ccc(C(=O)NCc3ccc(Cl)cc3)cc2)C1=O. The number of benzene rings is 2. The van der Waals surface area contributed by atoms with Crippen molar-refractivity contribution in [2.24, 2.45) is 5.92 Å². The second-order valence-electron chi connectivity index (χ2n) is 6.14. The van der Waals surface area contributed by atoms with Gasteiger partial charge in [-0.25, -0.2) is 12.7 Å². The van der Waals surface area contributed by atoms with Gasteiger partial charge < -0.3 is 5.32 Å². The van der Waals surface area contributed by atoms with Crippen molar-refractivity contribution in [1.29, 1.82) is 0 Å². The maximum absolute atomic E-state index is 12.2. The Morgan fingerprint density at radius 2 is 1.77 bits per heavy atom. The maximum atomic E-state index is 12.2. The van der Waals surface area contributed by atoms with Crippen molar-refractivity contribution in [2.75, 3.05) is 10.1 Å². The Labute approximate surface area is 156 Å². The molecule has 1 atom stereocenters. The van der Waals surface area contributed by atoms with Crippen molar-refractivity contribution in [3.05, 3.63) is 64.7 Å². The van der Waals surface area contributed by atoms with Crippen LogP contribution in [0.25, 0.3) is 0 Å². The number of carbonyl (C=O) groups excluding carboxylic acids is 2. The summed E-state index contributed by atoms with van der Waals surface area (Å²) in [7, 11) is -3.65. The summed E-state index contributed by atoms with van der Waals surface area (Å²) in [6.07, 6.45) is 0. The number of hydrogen-bond acceptors (Lipinski definition) is 4. The van der Waals surface area contributed by atoms with E-state index in [9.17, 15) is 18.0 Å². The van der Waals surface area contributed by atoms with Crippen molar-refractivity contribution in [3.63, 3.8) is 0 Å². The number of nitrogens with one attached hydrogen (secondary N) is 1. The predicted molar refractivity (Wildman–Crippen MR) is 99.5 cm³/mol. The second kappa shape index (κ2) is 7.09. The standard InChI is InChI=1S/C18H17ClN2O4S/c1-12-11-26(24,25)21(18(12)23)16-8-4-14(5-9-16)17(22)20-10-13-2-6-15(19)7-3-13/h2-9,12H,10-11H2,1H3,(H,20,22)/t12-/m1/s1. The molecule has 1 fully saturated rings. The van der Waals surface area contributed by atoms with Gasteiger partial charge >= 0.3 is 0 Å². The summed E-state index contributed by atoms with van der Waals surface area (Å²) >= 11 is 5.82. The minimum absolute atomic E-state index is 0.199. The third-order valence-corrected chi connectivity index (χ3v) is 6.21. The minimum atomic E-state index is -3.65. The number of hydrogen-bond donors (Lipinski definition) is 1. The third kappa shape index (κ3) is 3.73. The highest BCUT2D eigenvalue weighted by atomic mass is 35.5. The van der Waals surface area contributed by atoms with E-state index in [1.54, 1.807) is 19.1 Å². The molecule has 6 nitrogen and oxygen atoms in total. The van der Waals surface area contributed by atoms with E-state index < -0.39 is 21.8 Å². The fourth-order valence-corrected chi connectivity index (χ4v) is 4.67. The van der Waals surface area contributed by atoms with Crippen LogP contribution >= 0.6 is 11.6 Å². The molecule has 0 bridgehead atoms. The normalized spacial score (nSPS) is 18.8. The monoisotopic (exact) mass is 392 g/mol. The molecule has 1 heterocycles. The number of anilines is 1. The zero-order chi connectivity index (χ0) is 18.9. The Hall–Kier alpha value is -2.38. The first kappa shape index (κ1) is 18.4. The summed E-state index contributed by atoms with van der Waals surface area (Å²) in [6, 6.07) is 13.0. The summed E-state index contributed by atoms with van der Waals surface area (Å²) in [5.74, 6) is -1.52. The zero-order valence-electron chi connectivity index (χ0n) is 14.0. The van der Waals surface area contributed by atoms with Gasteiger partial charge in [0.25, 0.3) is 5.91 Å². The summed E-state index contributed by atoms with van der Waals surface area (Å²) in [6.45, 7) is 1.92. The van der Waals surface area contributed by atoms with Gasteiger partial charge in [0.15, 0.2) is 0 Å². The topological polar surface area (TPSA) is 83.6 Å². The molecule has 26 heavy (non-hydrogen) atoms. The lowest BCUT2D eigenvalue weighted by Gasteiger charge is -2.15. The van der Waals surface area contributed by atoms with E-state index in [4.69, 9.17) is 11.6 Å². The number of halogens is 1. The minimum Gasteiger partial charge on any atom is -0.348 e. The lowest BCUT2D eigenvalue weighted by molar-refractivity contribution is -0.119. The molecule has 0 radical (unpaired) electrons. The quantitative estimate of drug-likeness (QED) is 0.866. The van der Waals surface area contributed by atoms with Crippen LogP contribution in [0.15, 0.2) is 48.5 Å². The molecule has 1 aliphatic rings. The van der Waals surface area contributed by atoms with Crippen molar-refractivity contribution < 1.29 is 18.0 Å². The predicted octanol–water partition coefficient (Wildman–Crippen LogP) is 2.58. The molecule has 0 aromatic heterocycles. The number of nitrogens with zero attached hydrogens (tertiary/aromatic N) is 1. The molecule has 0 spiro atoms. The molecule has 3 rings (SSSR count). The van der Waals surface area contributed by atoms with Gasteiger partial charge in [-0.3, -0.25) is 9.59 Å². The largest absolute Gasteiger partial charge is 0.348 e. The van der Waals surface area contributed by atoms with Gasteiger partial charge in [-0.05, 0) is 42.0 Å². The average molecular weight is 393 g/mol. The Morgan fingerprint density at radius 1 is 1.15 bits per heavy atom. The second-order valence-corrected chi connectivity index (χ2v) is 8.44. The zero-order valence-corrected chi connectivity index (χ0v) is 15.5. The molecular formula is C18H17ClN2O4S. The summed E-state index contributed by atoms with van der Waals surface area (Å²) in [4.78, 5) is 24.3. The Morgan fingerprint density at radius 3 is 2.31 bits per heavy atom. The fourth-order valence-electron chi connectivity index (χ4n) is 2.72. The van der Waals surface area contributed by atoms with Crippen LogP contribution in [0.5, 0.6) is 0 Å². The first-order valence-electron chi connectivity index (χ1n) is 7.97. The molecule has 2 aromatic rings. The average Bonchev–Trinajstić information content (AvgIpc) is 2.81. The van der Waals surface area contributed by atoms with Crippen molar-refractivity contribution in [3.8, 4) is 0 Å². The molecule has 1 aliphatic heterocycles. The van der Waals surface area contributed by atoms with Gasteiger partial charge in [0.1, 0.15) is 0 Å². The van der Waals surface area contributed by atoms with Crippen LogP contribution in [0.2, 0.25) is 5.02 Å². The number of rotatable bonds is 4. The maximum Gasteiger partial charge on any atom is 0.251 e. The van der Waals surface area contributed by atoms with Gasteiger partial charge in [-0.2, -0.15) is 0 Å². The highest BCUT2D eigenvalue weighted by Crippen LogP contribution is 2.28. The van der Waals surface area contributed by atoms with Gasteiger partial charge in [-0.15, -0.1) is 0 Å². The Bertz CT molecular complexity index is 940. The van der Waals surface area contributed by atoms with Crippen LogP contribution in [-0.4, -0.2) is 26.0 Å². The highest BCUT2D eigenvalue weighted by molar-refractivity contribution is 7.94. The smallest absolute Gasteiger partial charge is 0.251 e. The first-order valence-corrected chi connectivity index (χ1v) is 9.96. The van der Waals surface area contributed by atoms with Gasteiger partial charge in [0.2, 0.25) is 15.9 Å².